The van der Waals surface area contributed by atoms with Crippen LogP contribution < -0.4 is 10.2 Å². The Morgan fingerprint density at radius 3 is 2.52 bits per heavy atom. The molecule has 0 unspecified atom stereocenters. The van der Waals surface area contributed by atoms with Crippen molar-refractivity contribution in [2.45, 2.75) is 19.3 Å². The van der Waals surface area contributed by atoms with Crippen molar-refractivity contribution < 1.29 is 4.79 Å². The number of anilines is 2. The first-order valence-electron chi connectivity index (χ1n) is 10.7. The topological polar surface area (TPSA) is 58.1 Å². The van der Waals surface area contributed by atoms with Gasteiger partial charge in [0, 0.05) is 24.3 Å². The average molecular weight is 409 g/mol. The minimum Gasteiger partial charge on any atom is -0.355 e. The molecule has 31 heavy (non-hydrogen) atoms. The third-order valence-corrected chi connectivity index (χ3v) is 5.75. The van der Waals surface area contributed by atoms with Gasteiger partial charge in [-0.25, -0.2) is 0 Å². The summed E-state index contributed by atoms with van der Waals surface area (Å²) in [5.74, 6) is 0.893. The van der Waals surface area contributed by atoms with Crippen molar-refractivity contribution in [3.8, 4) is 11.3 Å². The minimum absolute atomic E-state index is 0.0380. The van der Waals surface area contributed by atoms with E-state index in [1.165, 1.54) is 12.8 Å². The summed E-state index contributed by atoms with van der Waals surface area (Å²) in [6, 6.07) is 26.0. The number of benzene rings is 3. The van der Waals surface area contributed by atoms with Crippen LogP contribution in [0.25, 0.3) is 22.0 Å². The van der Waals surface area contributed by atoms with Crippen LogP contribution in [-0.2, 0) is 11.2 Å². The van der Waals surface area contributed by atoms with E-state index in [4.69, 9.17) is 0 Å². The van der Waals surface area contributed by atoms with E-state index in [1.807, 2.05) is 60.7 Å². The monoisotopic (exact) mass is 408 g/mol. The number of rotatable bonds is 5. The van der Waals surface area contributed by atoms with Crippen LogP contribution in [0.2, 0.25) is 0 Å². The minimum atomic E-state index is -0.0380. The Morgan fingerprint density at radius 1 is 0.871 bits per heavy atom. The van der Waals surface area contributed by atoms with Crippen LogP contribution >= 0.6 is 0 Å². The molecule has 0 aliphatic carbocycles. The van der Waals surface area contributed by atoms with Gasteiger partial charge in [0.25, 0.3) is 0 Å². The molecule has 1 N–H and O–H groups in total. The smallest absolute Gasteiger partial charge is 0.228 e. The number of hydrogen-bond acceptors (Lipinski definition) is 4. The van der Waals surface area contributed by atoms with E-state index >= 15 is 0 Å². The van der Waals surface area contributed by atoms with Crippen molar-refractivity contribution in [3.05, 3.63) is 84.4 Å². The van der Waals surface area contributed by atoms with Gasteiger partial charge in [0.05, 0.1) is 12.1 Å². The summed E-state index contributed by atoms with van der Waals surface area (Å²) < 4.78 is 0. The second-order valence-electron chi connectivity index (χ2n) is 7.91. The molecular formula is C26H24N4O. The van der Waals surface area contributed by atoms with Crippen molar-refractivity contribution in [3.63, 3.8) is 0 Å². The van der Waals surface area contributed by atoms with Crippen molar-refractivity contribution in [2.75, 3.05) is 23.3 Å². The molecule has 5 rings (SSSR count). The number of nitrogens with one attached hydrogen (secondary N) is 1. The normalized spacial score (nSPS) is 13.5. The molecule has 3 aromatic carbocycles. The summed E-state index contributed by atoms with van der Waals surface area (Å²) >= 11 is 0. The lowest BCUT2D eigenvalue weighted by Crippen LogP contribution is -2.19. The molecule has 4 aromatic rings. The van der Waals surface area contributed by atoms with E-state index in [9.17, 15) is 4.79 Å². The Morgan fingerprint density at radius 2 is 1.68 bits per heavy atom. The molecule has 154 valence electrons. The highest BCUT2D eigenvalue weighted by Gasteiger charge is 2.14. The Balaban J connectivity index is 1.30. The lowest BCUT2D eigenvalue weighted by molar-refractivity contribution is -0.115. The van der Waals surface area contributed by atoms with Crippen molar-refractivity contribution in [2.24, 2.45) is 0 Å². The molecule has 1 amide bonds. The number of carbonyl (C=O) groups excluding carboxylic acids is 1. The number of amides is 1. The standard InChI is InChI=1S/C26H24N4O/c31-26(18-20-9-5-8-19-7-1-2-12-23(19)20)27-22-11-6-10-21(17-22)24-13-14-25(29-28-24)30-15-3-4-16-30/h1-2,5-14,17H,3-4,15-16,18H2,(H,27,31). The average Bonchev–Trinajstić information content (AvgIpc) is 3.35. The molecule has 1 aromatic heterocycles. The SMILES string of the molecule is O=C(Cc1cccc2ccccc12)Nc1cccc(-c2ccc(N3CCCC3)nn2)c1. The zero-order valence-corrected chi connectivity index (χ0v) is 17.3. The van der Waals surface area contributed by atoms with Gasteiger partial charge in [-0.05, 0) is 53.4 Å². The highest BCUT2D eigenvalue weighted by Crippen LogP contribution is 2.24. The summed E-state index contributed by atoms with van der Waals surface area (Å²) in [5.41, 5.74) is 3.51. The molecule has 0 atom stereocenters. The lowest BCUT2D eigenvalue weighted by atomic mass is 10.0. The van der Waals surface area contributed by atoms with E-state index in [1.54, 1.807) is 0 Å². The number of hydrogen-bond donors (Lipinski definition) is 1. The highest BCUT2D eigenvalue weighted by molar-refractivity contribution is 5.96. The molecule has 0 saturated carbocycles. The van der Waals surface area contributed by atoms with Gasteiger partial charge in [-0.2, -0.15) is 0 Å². The third kappa shape index (κ3) is 4.26. The van der Waals surface area contributed by atoms with E-state index in [-0.39, 0.29) is 5.91 Å². The fourth-order valence-electron chi connectivity index (χ4n) is 4.18. The summed E-state index contributed by atoms with van der Waals surface area (Å²) in [6.45, 7) is 2.10. The zero-order chi connectivity index (χ0) is 21.0. The second kappa shape index (κ2) is 8.56. The molecule has 1 aliphatic rings. The first-order valence-corrected chi connectivity index (χ1v) is 10.7. The number of fused-ring (bicyclic) bond motifs is 1. The largest absolute Gasteiger partial charge is 0.355 e. The van der Waals surface area contributed by atoms with Gasteiger partial charge >= 0.3 is 0 Å². The fourth-order valence-corrected chi connectivity index (χ4v) is 4.18. The maximum atomic E-state index is 12.7. The molecule has 1 saturated heterocycles. The van der Waals surface area contributed by atoms with Crippen LogP contribution in [-0.4, -0.2) is 29.2 Å². The van der Waals surface area contributed by atoms with E-state index in [0.717, 1.165) is 52.2 Å². The zero-order valence-electron chi connectivity index (χ0n) is 17.3. The molecular weight excluding hydrogens is 384 g/mol. The Hall–Kier alpha value is -3.73. The quantitative estimate of drug-likeness (QED) is 0.500. The molecule has 1 aliphatic heterocycles. The molecule has 0 radical (unpaired) electrons. The van der Waals surface area contributed by atoms with Gasteiger partial charge in [-0.3, -0.25) is 4.79 Å². The first kappa shape index (κ1) is 19.2. The Bertz CT molecular complexity index is 1210. The van der Waals surface area contributed by atoms with Crippen molar-refractivity contribution in [1.29, 1.82) is 0 Å². The molecule has 0 bridgehead atoms. The first-order chi connectivity index (χ1) is 15.3. The third-order valence-electron chi connectivity index (χ3n) is 5.75. The van der Waals surface area contributed by atoms with Gasteiger partial charge in [-0.15, -0.1) is 10.2 Å². The van der Waals surface area contributed by atoms with E-state index < -0.39 is 0 Å². The van der Waals surface area contributed by atoms with Crippen LogP contribution in [0.3, 0.4) is 0 Å². The molecule has 1 fully saturated rings. The van der Waals surface area contributed by atoms with Crippen molar-refractivity contribution >= 4 is 28.2 Å². The van der Waals surface area contributed by atoms with Crippen LogP contribution in [0.1, 0.15) is 18.4 Å². The van der Waals surface area contributed by atoms with Gasteiger partial charge in [0.1, 0.15) is 0 Å². The summed E-state index contributed by atoms with van der Waals surface area (Å²) in [5, 5.41) is 14.1. The maximum absolute atomic E-state index is 12.7. The molecule has 5 heteroatoms. The fraction of sp³-hybridized carbons (Fsp3) is 0.192. The lowest BCUT2D eigenvalue weighted by Gasteiger charge is -2.15. The predicted octanol–water partition coefficient (Wildman–Crippen LogP) is 5.08. The maximum Gasteiger partial charge on any atom is 0.228 e. The van der Waals surface area contributed by atoms with Crippen molar-refractivity contribution in [1.82, 2.24) is 10.2 Å². The Kier molecular flexibility index (Phi) is 5.31. The van der Waals surface area contributed by atoms with Crippen LogP contribution in [0.15, 0.2) is 78.9 Å². The Labute approximate surface area is 181 Å². The van der Waals surface area contributed by atoms with E-state index in [2.05, 4.69) is 38.6 Å². The summed E-state index contributed by atoms with van der Waals surface area (Å²) in [4.78, 5) is 15.0. The summed E-state index contributed by atoms with van der Waals surface area (Å²) in [6.07, 6.45) is 2.75. The van der Waals surface area contributed by atoms with Crippen LogP contribution in [0.4, 0.5) is 11.5 Å². The highest BCUT2D eigenvalue weighted by atomic mass is 16.1. The van der Waals surface area contributed by atoms with Gasteiger partial charge in [0.15, 0.2) is 5.82 Å². The molecule has 0 spiro atoms. The number of carbonyl (C=O) groups is 1. The second-order valence-corrected chi connectivity index (χ2v) is 7.91. The van der Waals surface area contributed by atoms with Gasteiger partial charge < -0.3 is 10.2 Å². The van der Waals surface area contributed by atoms with E-state index in [0.29, 0.717) is 6.42 Å². The van der Waals surface area contributed by atoms with Gasteiger partial charge in [-0.1, -0.05) is 54.6 Å². The number of nitrogens with zero attached hydrogens (tertiary/aromatic N) is 3. The summed E-state index contributed by atoms with van der Waals surface area (Å²) in [7, 11) is 0. The van der Waals surface area contributed by atoms with Crippen LogP contribution in [0.5, 0.6) is 0 Å². The van der Waals surface area contributed by atoms with Gasteiger partial charge in [0.2, 0.25) is 5.91 Å². The number of aromatic nitrogens is 2. The molecule has 2 heterocycles. The molecule has 5 nitrogen and oxygen atoms in total. The predicted molar refractivity (Wildman–Crippen MR) is 125 cm³/mol. The van der Waals surface area contributed by atoms with Crippen LogP contribution in [0, 0.1) is 0 Å².